The quantitative estimate of drug-likeness (QED) is 0.797. The van der Waals surface area contributed by atoms with Crippen molar-refractivity contribution in [2.45, 2.75) is 58.0 Å². The van der Waals surface area contributed by atoms with E-state index in [1.165, 1.54) is 38.5 Å². The van der Waals surface area contributed by atoms with Crippen molar-refractivity contribution in [1.29, 1.82) is 0 Å². The van der Waals surface area contributed by atoms with Gasteiger partial charge in [-0.15, -0.1) is 0 Å². The molecule has 0 bridgehead atoms. The Morgan fingerprint density at radius 2 is 2.05 bits per heavy atom. The molecule has 1 aromatic rings. The molecular formula is C16H23BrN2O. The number of piperidine rings is 1. The zero-order valence-electron chi connectivity index (χ0n) is 12.1. The first-order chi connectivity index (χ1) is 9.70. The fourth-order valence-corrected chi connectivity index (χ4v) is 4.40. The van der Waals surface area contributed by atoms with Gasteiger partial charge < -0.3 is 9.47 Å². The summed E-state index contributed by atoms with van der Waals surface area (Å²) in [4.78, 5) is 15.1. The fraction of sp³-hybridized carbons (Fsp3) is 0.688. The SMILES string of the molecule is CCn1cc(Br)cc1C(=O)N1CCCC2CCCCC21. The third-order valence-electron chi connectivity index (χ3n) is 4.93. The number of aromatic nitrogens is 1. The van der Waals surface area contributed by atoms with Crippen molar-refractivity contribution in [2.75, 3.05) is 6.54 Å². The molecule has 3 rings (SSSR count). The Morgan fingerprint density at radius 3 is 2.85 bits per heavy atom. The third kappa shape index (κ3) is 2.54. The Hall–Kier alpha value is -0.770. The molecule has 2 atom stereocenters. The number of likely N-dealkylation sites (tertiary alicyclic amines) is 1. The number of carbonyl (C=O) groups is 1. The largest absolute Gasteiger partial charge is 0.343 e. The minimum atomic E-state index is 0.231. The summed E-state index contributed by atoms with van der Waals surface area (Å²) in [5.41, 5.74) is 0.839. The van der Waals surface area contributed by atoms with Crippen LogP contribution < -0.4 is 0 Å². The van der Waals surface area contributed by atoms with Crippen molar-refractivity contribution in [1.82, 2.24) is 9.47 Å². The maximum Gasteiger partial charge on any atom is 0.270 e. The standard InChI is InChI=1S/C16H23BrN2O/c1-2-18-11-13(17)10-15(18)16(20)19-9-5-7-12-6-3-4-8-14(12)19/h10-12,14H,2-9H2,1H3. The zero-order chi connectivity index (χ0) is 14.1. The summed E-state index contributed by atoms with van der Waals surface area (Å²) in [5, 5.41) is 0. The molecule has 1 amide bonds. The molecule has 1 aromatic heterocycles. The highest BCUT2D eigenvalue weighted by molar-refractivity contribution is 9.10. The molecule has 1 saturated heterocycles. The number of carbonyl (C=O) groups excluding carboxylic acids is 1. The van der Waals surface area contributed by atoms with E-state index in [1.807, 2.05) is 12.3 Å². The van der Waals surface area contributed by atoms with Gasteiger partial charge in [-0.2, -0.15) is 0 Å². The van der Waals surface area contributed by atoms with Gasteiger partial charge in [0.1, 0.15) is 5.69 Å². The van der Waals surface area contributed by atoms with E-state index < -0.39 is 0 Å². The average molecular weight is 339 g/mol. The molecule has 0 aromatic carbocycles. The van der Waals surface area contributed by atoms with Gasteiger partial charge in [0, 0.05) is 29.8 Å². The van der Waals surface area contributed by atoms with E-state index in [9.17, 15) is 4.79 Å². The maximum atomic E-state index is 12.9. The zero-order valence-corrected chi connectivity index (χ0v) is 13.7. The Labute approximate surface area is 129 Å². The second-order valence-electron chi connectivity index (χ2n) is 6.08. The highest BCUT2D eigenvalue weighted by Gasteiger charge is 2.36. The Balaban J connectivity index is 1.84. The highest BCUT2D eigenvalue weighted by Crippen LogP contribution is 2.36. The lowest BCUT2D eigenvalue weighted by molar-refractivity contribution is 0.0381. The molecule has 1 aliphatic heterocycles. The Bertz CT molecular complexity index is 495. The molecular weight excluding hydrogens is 316 g/mol. The molecule has 2 heterocycles. The second kappa shape index (κ2) is 5.92. The van der Waals surface area contributed by atoms with E-state index in [0.29, 0.717) is 6.04 Å². The summed E-state index contributed by atoms with van der Waals surface area (Å²) in [5.74, 6) is 0.976. The van der Waals surface area contributed by atoms with Gasteiger partial charge in [0.25, 0.3) is 5.91 Å². The summed E-state index contributed by atoms with van der Waals surface area (Å²) < 4.78 is 3.05. The number of amides is 1. The van der Waals surface area contributed by atoms with E-state index >= 15 is 0 Å². The van der Waals surface area contributed by atoms with Crippen LogP contribution in [0.15, 0.2) is 16.7 Å². The van der Waals surface area contributed by atoms with Gasteiger partial charge in [-0.1, -0.05) is 12.8 Å². The van der Waals surface area contributed by atoms with Crippen LogP contribution in [0.1, 0.15) is 55.9 Å². The smallest absolute Gasteiger partial charge is 0.270 e. The van der Waals surface area contributed by atoms with Crippen LogP contribution in [0.4, 0.5) is 0 Å². The molecule has 1 aliphatic carbocycles. The van der Waals surface area contributed by atoms with Gasteiger partial charge in [0.15, 0.2) is 0 Å². The molecule has 4 heteroatoms. The lowest BCUT2D eigenvalue weighted by atomic mass is 9.78. The number of halogens is 1. The van der Waals surface area contributed by atoms with Crippen LogP contribution in [0.25, 0.3) is 0 Å². The minimum Gasteiger partial charge on any atom is -0.343 e. The van der Waals surface area contributed by atoms with E-state index in [4.69, 9.17) is 0 Å². The van der Waals surface area contributed by atoms with E-state index in [-0.39, 0.29) is 5.91 Å². The summed E-state index contributed by atoms with van der Waals surface area (Å²) >= 11 is 3.49. The maximum absolute atomic E-state index is 12.9. The molecule has 3 nitrogen and oxygen atoms in total. The Morgan fingerprint density at radius 1 is 1.30 bits per heavy atom. The number of aryl methyl sites for hydroxylation is 1. The van der Waals surface area contributed by atoms with Gasteiger partial charge >= 0.3 is 0 Å². The first-order valence-corrected chi connectivity index (χ1v) is 8.66. The van der Waals surface area contributed by atoms with Crippen LogP contribution in [0.2, 0.25) is 0 Å². The number of rotatable bonds is 2. The van der Waals surface area contributed by atoms with Crippen LogP contribution in [0.5, 0.6) is 0 Å². The summed E-state index contributed by atoms with van der Waals surface area (Å²) in [7, 11) is 0. The number of nitrogens with zero attached hydrogens (tertiary/aromatic N) is 2. The van der Waals surface area contributed by atoms with E-state index in [1.54, 1.807) is 0 Å². The summed E-state index contributed by atoms with van der Waals surface area (Å²) in [6.45, 7) is 3.87. The summed E-state index contributed by atoms with van der Waals surface area (Å²) in [6, 6.07) is 2.46. The molecule has 1 saturated carbocycles. The van der Waals surface area contributed by atoms with Gasteiger partial charge in [-0.3, -0.25) is 4.79 Å². The van der Waals surface area contributed by atoms with Gasteiger partial charge in [-0.25, -0.2) is 0 Å². The predicted molar refractivity (Wildman–Crippen MR) is 83.8 cm³/mol. The monoisotopic (exact) mass is 338 g/mol. The summed E-state index contributed by atoms with van der Waals surface area (Å²) in [6.07, 6.45) is 9.63. The second-order valence-corrected chi connectivity index (χ2v) is 7.00. The van der Waals surface area contributed by atoms with Gasteiger partial charge in [-0.05, 0) is 60.5 Å². The molecule has 20 heavy (non-hydrogen) atoms. The highest BCUT2D eigenvalue weighted by atomic mass is 79.9. The molecule has 110 valence electrons. The molecule has 0 radical (unpaired) electrons. The van der Waals surface area contributed by atoms with Crippen LogP contribution in [-0.4, -0.2) is 28.0 Å². The minimum absolute atomic E-state index is 0.231. The first kappa shape index (κ1) is 14.2. The van der Waals surface area contributed by atoms with E-state index in [2.05, 4.69) is 32.3 Å². The predicted octanol–water partition coefficient (Wildman–Crippen LogP) is 4.07. The van der Waals surface area contributed by atoms with Gasteiger partial charge in [0.05, 0.1) is 0 Å². The van der Waals surface area contributed by atoms with Crippen LogP contribution in [-0.2, 0) is 6.54 Å². The lowest BCUT2D eigenvalue weighted by Crippen LogP contribution is -2.50. The molecule has 2 aliphatic rings. The third-order valence-corrected chi connectivity index (χ3v) is 5.36. The van der Waals surface area contributed by atoms with Crippen LogP contribution in [0, 0.1) is 5.92 Å². The number of hydrogen-bond donors (Lipinski definition) is 0. The normalized spacial score (nSPS) is 26.4. The average Bonchev–Trinajstić information content (AvgIpc) is 2.87. The molecule has 0 spiro atoms. The van der Waals surface area contributed by atoms with Crippen LogP contribution in [0.3, 0.4) is 0 Å². The number of fused-ring (bicyclic) bond motifs is 1. The van der Waals surface area contributed by atoms with Crippen molar-refractivity contribution in [3.05, 3.63) is 22.4 Å². The van der Waals surface area contributed by atoms with Crippen molar-refractivity contribution in [2.24, 2.45) is 5.92 Å². The Kier molecular flexibility index (Phi) is 4.20. The van der Waals surface area contributed by atoms with Crippen molar-refractivity contribution >= 4 is 21.8 Å². The van der Waals surface area contributed by atoms with Crippen molar-refractivity contribution < 1.29 is 4.79 Å². The molecule has 2 unspecified atom stereocenters. The van der Waals surface area contributed by atoms with Crippen LogP contribution >= 0.6 is 15.9 Å². The molecule has 0 N–H and O–H groups in total. The van der Waals surface area contributed by atoms with Gasteiger partial charge in [0.2, 0.25) is 0 Å². The number of hydrogen-bond acceptors (Lipinski definition) is 1. The lowest BCUT2D eigenvalue weighted by Gasteiger charge is -2.44. The van der Waals surface area contributed by atoms with E-state index in [0.717, 1.165) is 29.2 Å². The first-order valence-electron chi connectivity index (χ1n) is 7.87. The topological polar surface area (TPSA) is 25.2 Å². The van der Waals surface area contributed by atoms with Crippen molar-refractivity contribution in [3.63, 3.8) is 0 Å². The van der Waals surface area contributed by atoms with Crippen molar-refractivity contribution in [3.8, 4) is 0 Å². The molecule has 2 fully saturated rings. The fourth-order valence-electron chi connectivity index (χ4n) is 3.94.